The molecule has 28 heavy (non-hydrogen) atoms. The van der Waals surface area contributed by atoms with E-state index in [0.29, 0.717) is 19.6 Å². The van der Waals surface area contributed by atoms with E-state index < -0.39 is 11.7 Å². The van der Waals surface area contributed by atoms with Crippen molar-refractivity contribution >= 4 is 5.91 Å². The van der Waals surface area contributed by atoms with Gasteiger partial charge in [-0.2, -0.15) is 0 Å². The number of fused-ring (bicyclic) bond motifs is 2. The van der Waals surface area contributed by atoms with Crippen molar-refractivity contribution in [2.45, 2.75) is 51.5 Å². The molecule has 4 rings (SSSR count). The van der Waals surface area contributed by atoms with Crippen molar-refractivity contribution in [2.75, 3.05) is 26.2 Å². The van der Waals surface area contributed by atoms with Crippen molar-refractivity contribution in [2.24, 2.45) is 0 Å². The van der Waals surface area contributed by atoms with E-state index in [9.17, 15) is 4.79 Å². The van der Waals surface area contributed by atoms with Crippen LogP contribution in [0.15, 0.2) is 36.8 Å². The van der Waals surface area contributed by atoms with Gasteiger partial charge >= 0.3 is 0 Å². The lowest BCUT2D eigenvalue weighted by Crippen LogP contribution is -2.54. The molecule has 1 atom stereocenters. The molecule has 150 valence electrons. The third-order valence-corrected chi connectivity index (χ3v) is 5.98. The number of amides is 1. The van der Waals surface area contributed by atoms with Crippen LogP contribution in [0.3, 0.4) is 0 Å². The van der Waals surface area contributed by atoms with Gasteiger partial charge in [-0.3, -0.25) is 14.7 Å². The molecule has 0 N–H and O–H groups in total. The summed E-state index contributed by atoms with van der Waals surface area (Å²) in [5, 5.41) is 0. The number of pyridine rings is 1. The third kappa shape index (κ3) is 3.56. The van der Waals surface area contributed by atoms with Gasteiger partial charge in [0.1, 0.15) is 11.4 Å². The van der Waals surface area contributed by atoms with Crippen LogP contribution in [0, 0.1) is 0 Å². The normalized spacial score (nSPS) is 21.4. The van der Waals surface area contributed by atoms with Crippen molar-refractivity contribution in [3.63, 3.8) is 0 Å². The molecule has 1 fully saturated rings. The zero-order valence-corrected chi connectivity index (χ0v) is 16.8. The van der Waals surface area contributed by atoms with Gasteiger partial charge in [-0.25, -0.2) is 4.98 Å². The molecule has 7 nitrogen and oxygen atoms in total. The molecule has 2 aliphatic rings. The van der Waals surface area contributed by atoms with Crippen LogP contribution in [0.4, 0.5) is 0 Å². The molecule has 2 aromatic rings. The maximum atomic E-state index is 13.0. The number of rotatable bonds is 5. The number of aromatic nitrogens is 3. The van der Waals surface area contributed by atoms with Gasteiger partial charge in [-0.15, -0.1) is 0 Å². The molecule has 1 saturated heterocycles. The first-order valence-electron chi connectivity index (χ1n) is 10.3. The number of likely N-dealkylation sites (N-methyl/N-ethyl adjacent to an activating group) is 1. The number of imidazole rings is 1. The van der Waals surface area contributed by atoms with Crippen molar-refractivity contribution in [3.05, 3.63) is 48.3 Å². The lowest BCUT2D eigenvalue weighted by Gasteiger charge is -2.46. The van der Waals surface area contributed by atoms with Gasteiger partial charge < -0.3 is 14.2 Å². The number of hydrogen-bond acceptors (Lipinski definition) is 5. The van der Waals surface area contributed by atoms with Gasteiger partial charge in [0.05, 0.1) is 12.2 Å². The fourth-order valence-corrected chi connectivity index (χ4v) is 4.40. The molecule has 1 spiro atoms. The largest absolute Gasteiger partial charge is 0.352 e. The number of piperidine rings is 1. The van der Waals surface area contributed by atoms with Gasteiger partial charge in [-0.1, -0.05) is 6.07 Å². The van der Waals surface area contributed by atoms with E-state index in [1.807, 2.05) is 49.5 Å². The monoisotopic (exact) mass is 383 g/mol. The van der Waals surface area contributed by atoms with Gasteiger partial charge in [0, 0.05) is 51.3 Å². The van der Waals surface area contributed by atoms with E-state index in [2.05, 4.69) is 25.5 Å². The summed E-state index contributed by atoms with van der Waals surface area (Å²) in [6.45, 7) is 8.62. The second-order valence-corrected chi connectivity index (χ2v) is 7.61. The Bertz CT molecular complexity index is 794. The zero-order chi connectivity index (χ0) is 19.6. The molecule has 4 heterocycles. The average Bonchev–Trinajstić information content (AvgIpc) is 3.21. The van der Waals surface area contributed by atoms with E-state index in [1.54, 1.807) is 0 Å². The Labute approximate surface area is 166 Å². The van der Waals surface area contributed by atoms with E-state index in [-0.39, 0.29) is 5.91 Å². The van der Waals surface area contributed by atoms with Gasteiger partial charge in [-0.05, 0) is 38.8 Å². The molecule has 0 bridgehead atoms. The smallest absolute Gasteiger partial charge is 0.253 e. The second kappa shape index (κ2) is 8.01. The van der Waals surface area contributed by atoms with Crippen LogP contribution in [-0.2, 0) is 28.2 Å². The van der Waals surface area contributed by atoms with Crippen LogP contribution in [0.2, 0.25) is 0 Å². The van der Waals surface area contributed by atoms with Crippen LogP contribution in [0.5, 0.6) is 0 Å². The van der Waals surface area contributed by atoms with Gasteiger partial charge in [0.2, 0.25) is 0 Å². The molecule has 2 aromatic heterocycles. The lowest BCUT2D eigenvalue weighted by molar-refractivity contribution is -0.181. The highest BCUT2D eigenvalue weighted by molar-refractivity contribution is 5.81. The first kappa shape index (κ1) is 19.1. The molecule has 1 amide bonds. The molecule has 0 radical (unpaired) electrons. The van der Waals surface area contributed by atoms with Crippen LogP contribution in [-0.4, -0.2) is 62.5 Å². The molecular formula is C21H29N5O2. The summed E-state index contributed by atoms with van der Waals surface area (Å²) >= 11 is 0. The van der Waals surface area contributed by atoms with Gasteiger partial charge in [0.25, 0.3) is 5.91 Å². The number of hydrogen-bond donors (Lipinski definition) is 0. The predicted molar refractivity (Wildman–Crippen MR) is 105 cm³/mol. The van der Waals surface area contributed by atoms with Crippen LogP contribution in [0.25, 0.3) is 0 Å². The maximum Gasteiger partial charge on any atom is 0.253 e. The van der Waals surface area contributed by atoms with Crippen LogP contribution in [0.1, 0.15) is 38.2 Å². The summed E-state index contributed by atoms with van der Waals surface area (Å²) in [7, 11) is 0. The fourth-order valence-electron chi connectivity index (χ4n) is 4.40. The Morgan fingerprint density at radius 3 is 2.68 bits per heavy atom. The minimum absolute atomic E-state index is 0.0830. The zero-order valence-electron chi connectivity index (χ0n) is 16.8. The second-order valence-electron chi connectivity index (χ2n) is 7.61. The van der Waals surface area contributed by atoms with Crippen molar-refractivity contribution in [1.82, 2.24) is 24.3 Å². The van der Waals surface area contributed by atoms with Crippen LogP contribution < -0.4 is 0 Å². The van der Waals surface area contributed by atoms with E-state index in [1.165, 1.54) is 0 Å². The Balaban J connectivity index is 1.50. The highest BCUT2D eigenvalue weighted by atomic mass is 16.5. The number of carbonyl (C=O) groups is 1. The van der Waals surface area contributed by atoms with Gasteiger partial charge in [0.15, 0.2) is 6.10 Å². The Morgan fingerprint density at radius 1 is 1.21 bits per heavy atom. The molecule has 2 aliphatic heterocycles. The van der Waals surface area contributed by atoms with E-state index in [4.69, 9.17) is 4.74 Å². The standard InChI is InChI=1S/C21H29N5O2/c1-3-25(4-2)19(27)18-16-26-14-11-23-20(26)21(28-18)8-12-24(13-9-21)15-17-7-5-6-10-22-17/h5-7,10-11,14,18H,3-4,8-9,12-13,15-16H2,1-2H3/t18-/m1/s1. The summed E-state index contributed by atoms with van der Waals surface area (Å²) < 4.78 is 8.64. The summed E-state index contributed by atoms with van der Waals surface area (Å²) in [4.78, 5) is 26.3. The van der Waals surface area contributed by atoms with Crippen molar-refractivity contribution < 1.29 is 9.53 Å². The average molecular weight is 383 g/mol. The topological polar surface area (TPSA) is 63.5 Å². The number of ether oxygens (including phenoxy) is 1. The fraction of sp³-hybridized carbons (Fsp3) is 0.571. The van der Waals surface area contributed by atoms with Crippen LogP contribution >= 0.6 is 0 Å². The molecule has 0 aromatic carbocycles. The molecule has 0 aliphatic carbocycles. The molecular weight excluding hydrogens is 354 g/mol. The maximum absolute atomic E-state index is 13.0. The summed E-state index contributed by atoms with van der Waals surface area (Å²) in [5.41, 5.74) is 0.606. The SMILES string of the molecule is CCN(CC)C(=O)[C@H]1Cn2ccnc2C2(CCN(Cc3ccccn3)CC2)O1. The number of carbonyl (C=O) groups excluding carboxylic acids is 1. The summed E-state index contributed by atoms with van der Waals surface area (Å²) in [5.74, 6) is 1.05. The van der Waals surface area contributed by atoms with Crippen molar-refractivity contribution in [1.29, 1.82) is 0 Å². The Kier molecular flexibility index (Phi) is 5.46. The third-order valence-electron chi connectivity index (χ3n) is 5.98. The first-order chi connectivity index (χ1) is 13.6. The predicted octanol–water partition coefficient (Wildman–Crippen LogP) is 2.04. The number of nitrogens with zero attached hydrogens (tertiary/aromatic N) is 5. The minimum atomic E-state index is -0.476. The van der Waals surface area contributed by atoms with Crippen molar-refractivity contribution in [3.8, 4) is 0 Å². The quantitative estimate of drug-likeness (QED) is 0.791. The Hall–Kier alpha value is -2.25. The van der Waals surface area contributed by atoms with E-state index >= 15 is 0 Å². The highest BCUT2D eigenvalue weighted by Gasteiger charge is 2.47. The summed E-state index contributed by atoms with van der Waals surface area (Å²) in [6, 6.07) is 6.03. The minimum Gasteiger partial charge on any atom is -0.352 e. The molecule has 7 heteroatoms. The Morgan fingerprint density at radius 2 is 2.00 bits per heavy atom. The molecule has 0 saturated carbocycles. The van der Waals surface area contributed by atoms with E-state index in [0.717, 1.165) is 44.0 Å². The number of likely N-dealkylation sites (tertiary alicyclic amines) is 1. The molecule has 0 unspecified atom stereocenters. The first-order valence-corrected chi connectivity index (χ1v) is 10.3. The summed E-state index contributed by atoms with van der Waals surface area (Å²) in [6.07, 6.45) is 6.86. The highest BCUT2D eigenvalue weighted by Crippen LogP contribution is 2.40. The lowest BCUT2D eigenvalue weighted by atomic mass is 9.88.